The van der Waals surface area contributed by atoms with Crippen molar-refractivity contribution in [3.8, 4) is 11.3 Å². The average molecular weight is 707 g/mol. The van der Waals surface area contributed by atoms with Gasteiger partial charge in [0.15, 0.2) is 0 Å². The molecule has 0 saturated heterocycles. The van der Waals surface area contributed by atoms with Gasteiger partial charge in [-0.3, -0.25) is 0 Å². The molecule has 1 radical (unpaired) electrons. The average Bonchev–Trinajstić information content (AvgIpc) is 3.26. The second-order valence-corrected chi connectivity index (χ2v) is 12.2. The third kappa shape index (κ3) is 6.20. The Labute approximate surface area is 250 Å². The first-order valence-electron chi connectivity index (χ1n) is 15.0. The smallest absolute Gasteiger partial charge is 0.0651 e. The summed E-state index contributed by atoms with van der Waals surface area (Å²) in [5, 5.41) is 24.2. The van der Waals surface area contributed by atoms with Crippen LogP contribution >= 0.6 is 0 Å². The van der Waals surface area contributed by atoms with Gasteiger partial charge in [0.2, 0.25) is 0 Å². The molecule has 0 aliphatic heterocycles. The summed E-state index contributed by atoms with van der Waals surface area (Å²) in [4.78, 5) is 4.52. The molecule has 4 heteroatoms. The van der Waals surface area contributed by atoms with Gasteiger partial charge < -0.3 is 15.2 Å². The maximum Gasteiger partial charge on any atom is 0.0651 e. The normalized spacial score (nSPS) is 24.9. The Morgan fingerprint density at radius 1 is 0.897 bits per heavy atom. The molecule has 39 heavy (non-hydrogen) atoms. The zero-order chi connectivity index (χ0) is 27.5. The Balaban J connectivity index is 0.000000210. The van der Waals surface area contributed by atoms with Crippen molar-refractivity contribution < 1.29 is 30.3 Å². The summed E-state index contributed by atoms with van der Waals surface area (Å²) in [6.45, 7) is 13.2. The summed E-state index contributed by atoms with van der Waals surface area (Å²) in [5.74, 6) is 1.20. The molecule has 4 unspecified atom stereocenters. The largest absolute Gasteiger partial charge is 0.392 e. The Morgan fingerprint density at radius 3 is 2.15 bits per heavy atom. The third-order valence-electron chi connectivity index (χ3n) is 10.4. The van der Waals surface area contributed by atoms with E-state index in [1.165, 1.54) is 22.8 Å². The molecule has 2 aliphatic carbocycles. The molecular weight excluding hydrogens is 659 g/mol. The Morgan fingerprint density at radius 2 is 1.56 bits per heavy atom. The van der Waals surface area contributed by atoms with Crippen LogP contribution in [0.25, 0.3) is 22.0 Å². The molecular formula is C35H48IrNO2-. The molecule has 2 saturated carbocycles. The molecule has 0 spiro atoms. The van der Waals surface area contributed by atoms with E-state index in [1.807, 2.05) is 30.5 Å². The molecule has 1 heterocycles. The fourth-order valence-electron chi connectivity index (χ4n) is 7.40. The maximum atomic E-state index is 10.9. The van der Waals surface area contributed by atoms with Gasteiger partial charge in [-0.15, -0.1) is 35.9 Å². The van der Waals surface area contributed by atoms with Crippen LogP contribution in [-0.2, 0) is 20.1 Å². The van der Waals surface area contributed by atoms with Gasteiger partial charge in [0, 0.05) is 32.2 Å². The number of rotatable bonds is 6. The molecule has 0 amide bonds. The number of aliphatic hydroxyl groups is 2. The molecule has 3 nitrogen and oxygen atoms in total. The number of fused-ring (bicyclic) bond motifs is 2. The van der Waals surface area contributed by atoms with Crippen LogP contribution < -0.4 is 0 Å². The first-order chi connectivity index (χ1) is 18.2. The Hall–Kier alpha value is -1.58. The van der Waals surface area contributed by atoms with Crippen LogP contribution in [0.2, 0.25) is 0 Å². The van der Waals surface area contributed by atoms with Crippen molar-refractivity contribution in [2.45, 2.75) is 105 Å². The summed E-state index contributed by atoms with van der Waals surface area (Å²) in [6.07, 6.45) is 8.92. The summed E-state index contributed by atoms with van der Waals surface area (Å²) < 4.78 is 0. The first kappa shape index (κ1) is 31.9. The van der Waals surface area contributed by atoms with Crippen LogP contribution in [-0.4, -0.2) is 27.4 Å². The second kappa shape index (κ2) is 13.4. The predicted molar refractivity (Wildman–Crippen MR) is 159 cm³/mol. The minimum Gasteiger partial charge on any atom is -0.392 e. The third-order valence-corrected chi connectivity index (χ3v) is 10.4. The number of aromatic nitrogens is 1. The number of hydrogen-bond donors (Lipinski definition) is 2. The van der Waals surface area contributed by atoms with E-state index in [1.54, 1.807) is 0 Å². The van der Waals surface area contributed by atoms with Gasteiger partial charge in [-0.25, -0.2) is 0 Å². The van der Waals surface area contributed by atoms with E-state index in [0.717, 1.165) is 49.8 Å². The van der Waals surface area contributed by atoms with Crippen molar-refractivity contribution in [2.75, 3.05) is 0 Å². The maximum absolute atomic E-state index is 10.9. The Kier molecular flexibility index (Phi) is 11.0. The van der Waals surface area contributed by atoms with E-state index >= 15 is 0 Å². The van der Waals surface area contributed by atoms with Gasteiger partial charge in [0.1, 0.15) is 0 Å². The molecule has 5 rings (SSSR count). The van der Waals surface area contributed by atoms with E-state index < -0.39 is 0 Å². The predicted octanol–water partition coefficient (Wildman–Crippen LogP) is 8.57. The van der Waals surface area contributed by atoms with Crippen LogP contribution in [0.5, 0.6) is 0 Å². The molecule has 215 valence electrons. The van der Waals surface area contributed by atoms with Crippen molar-refractivity contribution in [1.29, 1.82) is 0 Å². The summed E-state index contributed by atoms with van der Waals surface area (Å²) >= 11 is 0. The van der Waals surface area contributed by atoms with Gasteiger partial charge >= 0.3 is 0 Å². The molecule has 2 aliphatic rings. The van der Waals surface area contributed by atoms with Crippen molar-refractivity contribution in [2.24, 2.45) is 22.7 Å². The fourth-order valence-corrected chi connectivity index (χ4v) is 7.40. The topological polar surface area (TPSA) is 53.4 Å². The van der Waals surface area contributed by atoms with Gasteiger partial charge in [0.05, 0.1) is 12.2 Å². The standard InChI is InChI=1S/C18H16N.C17H32O2.Ir/c1-13(2)15-8-9-16-12-19-18(11-17(16)10-15)14-6-4-3-5-7-14;1-5-16(6-2)10-9-12-11-17(7-3,8-4)15(19)13(12)14(16)18;/h3-6,8-13H,1-2H3;12-15,18-19H,5-11H2,1-4H3;/q-1;;. The second-order valence-electron chi connectivity index (χ2n) is 12.2. The summed E-state index contributed by atoms with van der Waals surface area (Å²) in [7, 11) is 0. The summed E-state index contributed by atoms with van der Waals surface area (Å²) in [6, 6.07) is 19.9. The number of aliphatic hydroxyl groups excluding tert-OH is 2. The molecule has 2 N–H and O–H groups in total. The molecule has 4 atom stereocenters. The van der Waals surface area contributed by atoms with Crippen LogP contribution in [0, 0.1) is 28.7 Å². The Bertz CT molecular complexity index is 1180. The van der Waals surface area contributed by atoms with Gasteiger partial charge in [-0.2, -0.15) is 0 Å². The van der Waals surface area contributed by atoms with Gasteiger partial charge in [0.25, 0.3) is 0 Å². The van der Waals surface area contributed by atoms with Crippen LogP contribution in [0.3, 0.4) is 0 Å². The van der Waals surface area contributed by atoms with Crippen molar-refractivity contribution in [1.82, 2.24) is 4.98 Å². The van der Waals surface area contributed by atoms with E-state index in [2.05, 4.69) is 76.9 Å². The molecule has 2 fully saturated rings. The molecule has 1 aromatic heterocycles. The van der Waals surface area contributed by atoms with Crippen molar-refractivity contribution in [3.63, 3.8) is 0 Å². The van der Waals surface area contributed by atoms with Crippen LogP contribution in [0.4, 0.5) is 0 Å². The van der Waals surface area contributed by atoms with E-state index in [-0.39, 0.29) is 49.1 Å². The number of pyridine rings is 1. The zero-order valence-corrected chi connectivity index (χ0v) is 27.1. The van der Waals surface area contributed by atoms with Crippen LogP contribution in [0.15, 0.2) is 54.7 Å². The van der Waals surface area contributed by atoms with Crippen molar-refractivity contribution >= 4 is 10.8 Å². The van der Waals surface area contributed by atoms with E-state index in [0.29, 0.717) is 11.8 Å². The molecule has 2 aromatic carbocycles. The SMILES string of the molecule is CC(C)c1ccc2cnc(-c3[c-]cccc3)cc2c1.CCC1(CC)CCC2CC(CC)(CC)C(O)C2C1O.[Ir]. The minimum absolute atomic E-state index is 0. The minimum atomic E-state index is -0.309. The quantitative estimate of drug-likeness (QED) is 0.253. The number of nitrogens with zero attached hydrogens (tertiary/aromatic N) is 1. The zero-order valence-electron chi connectivity index (χ0n) is 24.7. The fraction of sp³-hybridized carbons (Fsp3) is 0.571. The molecule has 0 bridgehead atoms. The van der Waals surface area contributed by atoms with Gasteiger partial charge in [-0.1, -0.05) is 65.8 Å². The van der Waals surface area contributed by atoms with Crippen molar-refractivity contribution in [3.05, 3.63) is 66.4 Å². The molecule has 3 aromatic rings. The van der Waals surface area contributed by atoms with E-state index in [9.17, 15) is 10.2 Å². The first-order valence-corrected chi connectivity index (χ1v) is 15.0. The van der Waals surface area contributed by atoms with E-state index in [4.69, 9.17) is 0 Å². The number of hydrogen-bond acceptors (Lipinski definition) is 3. The summed E-state index contributed by atoms with van der Waals surface area (Å²) in [5.41, 5.74) is 3.50. The van der Waals surface area contributed by atoms with Crippen LogP contribution in [0.1, 0.15) is 98.0 Å². The number of benzene rings is 2. The monoisotopic (exact) mass is 707 g/mol. The van der Waals surface area contributed by atoms with Gasteiger partial charge in [-0.05, 0) is 89.6 Å².